The number of aromatic hydroxyl groups is 1. The molecule has 1 aromatic heterocycles. The third kappa shape index (κ3) is 3.39. The highest BCUT2D eigenvalue weighted by molar-refractivity contribution is 5.84. The molecule has 0 amide bonds. The van der Waals surface area contributed by atoms with Gasteiger partial charge in [0.1, 0.15) is 17.1 Å². The van der Waals surface area contributed by atoms with E-state index < -0.39 is 17.2 Å². The monoisotopic (exact) mass is 354 g/mol. The molecule has 0 saturated heterocycles. The van der Waals surface area contributed by atoms with Gasteiger partial charge in [0.15, 0.2) is 5.60 Å². The lowest BCUT2D eigenvalue weighted by Gasteiger charge is -2.21. The fourth-order valence-electron chi connectivity index (χ4n) is 2.55. The van der Waals surface area contributed by atoms with Gasteiger partial charge < -0.3 is 19.4 Å². The Labute approximate surface area is 149 Å². The summed E-state index contributed by atoms with van der Waals surface area (Å²) in [6, 6.07) is 13.4. The summed E-state index contributed by atoms with van der Waals surface area (Å²) in [6.45, 7) is 2.92. The summed E-state index contributed by atoms with van der Waals surface area (Å²) in [5, 5.41) is 20.0. The summed E-state index contributed by atoms with van der Waals surface area (Å²) < 4.78 is 10.7. The number of carbonyl (C=O) groups is 1. The number of carboxylic acids is 1. The van der Waals surface area contributed by atoms with E-state index in [2.05, 4.69) is 0 Å². The van der Waals surface area contributed by atoms with Crippen LogP contribution in [0.25, 0.3) is 11.0 Å². The largest absolute Gasteiger partial charge is 0.507 e. The average Bonchev–Trinajstić information content (AvgIpc) is 2.59. The molecule has 1 heterocycles. The van der Waals surface area contributed by atoms with Crippen molar-refractivity contribution in [2.45, 2.75) is 25.9 Å². The van der Waals surface area contributed by atoms with Gasteiger partial charge in [0.2, 0.25) is 0 Å². The van der Waals surface area contributed by atoms with Gasteiger partial charge in [-0.3, -0.25) is 0 Å². The third-order valence-electron chi connectivity index (χ3n) is 4.07. The van der Waals surface area contributed by atoms with Crippen LogP contribution >= 0.6 is 0 Å². The number of fused-ring (bicyclic) bond motifs is 1. The molecular weight excluding hydrogens is 336 g/mol. The molecule has 26 heavy (non-hydrogen) atoms. The molecule has 0 fully saturated rings. The quantitative estimate of drug-likeness (QED) is 0.682. The summed E-state index contributed by atoms with van der Waals surface area (Å²) in [5.74, 6) is -0.764. The third-order valence-corrected chi connectivity index (χ3v) is 4.07. The van der Waals surface area contributed by atoms with Gasteiger partial charge in [-0.15, -0.1) is 0 Å². The highest BCUT2D eigenvalue weighted by Gasteiger charge is 2.29. The predicted molar refractivity (Wildman–Crippen MR) is 95.7 cm³/mol. The number of carboxylic acid groups (broad SMARTS) is 1. The smallest absolute Gasteiger partial charge is 0.347 e. The zero-order chi connectivity index (χ0) is 18.9. The SMILES string of the molecule is CC(C)(Oc1ccc(Cc2c(O)c3ccccc3oc2=O)cc1)C(=O)O. The number of ether oxygens (including phenoxy) is 1. The number of aliphatic carboxylic acids is 1. The molecule has 2 N–H and O–H groups in total. The Hall–Kier alpha value is -3.28. The molecule has 2 aromatic carbocycles. The van der Waals surface area contributed by atoms with Crippen LogP contribution in [0.2, 0.25) is 0 Å². The number of benzene rings is 2. The number of para-hydroxylation sites is 1. The molecule has 0 unspecified atom stereocenters. The summed E-state index contributed by atoms with van der Waals surface area (Å²) in [6.07, 6.45) is 0.182. The zero-order valence-electron chi connectivity index (χ0n) is 14.4. The van der Waals surface area contributed by atoms with Crippen LogP contribution in [0.3, 0.4) is 0 Å². The fourth-order valence-corrected chi connectivity index (χ4v) is 2.55. The molecule has 0 saturated carbocycles. The van der Waals surface area contributed by atoms with E-state index in [0.717, 1.165) is 5.56 Å². The highest BCUT2D eigenvalue weighted by atomic mass is 16.5. The maximum atomic E-state index is 12.2. The molecule has 3 rings (SSSR count). The van der Waals surface area contributed by atoms with Gasteiger partial charge >= 0.3 is 11.6 Å². The van der Waals surface area contributed by atoms with E-state index in [9.17, 15) is 14.7 Å². The first kappa shape index (κ1) is 17.5. The van der Waals surface area contributed by atoms with Crippen LogP contribution in [-0.4, -0.2) is 21.8 Å². The second kappa shape index (κ2) is 6.55. The number of hydrogen-bond donors (Lipinski definition) is 2. The molecule has 6 heteroatoms. The van der Waals surface area contributed by atoms with Crippen molar-refractivity contribution in [3.8, 4) is 11.5 Å². The van der Waals surface area contributed by atoms with Crippen LogP contribution in [0.4, 0.5) is 0 Å². The minimum atomic E-state index is -1.35. The van der Waals surface area contributed by atoms with E-state index in [-0.39, 0.29) is 17.7 Å². The Morgan fingerprint density at radius 3 is 2.42 bits per heavy atom. The van der Waals surface area contributed by atoms with Gasteiger partial charge in [0.25, 0.3) is 0 Å². The van der Waals surface area contributed by atoms with Crippen molar-refractivity contribution in [1.29, 1.82) is 0 Å². The van der Waals surface area contributed by atoms with Crippen molar-refractivity contribution in [2.75, 3.05) is 0 Å². The molecule has 0 aliphatic heterocycles. The first-order chi connectivity index (χ1) is 12.3. The highest BCUT2D eigenvalue weighted by Crippen LogP contribution is 2.28. The van der Waals surface area contributed by atoms with E-state index in [1.807, 2.05) is 0 Å². The lowest BCUT2D eigenvalue weighted by molar-refractivity contribution is -0.152. The Morgan fingerprint density at radius 1 is 1.12 bits per heavy atom. The van der Waals surface area contributed by atoms with E-state index >= 15 is 0 Å². The van der Waals surface area contributed by atoms with Crippen LogP contribution in [0.5, 0.6) is 11.5 Å². The van der Waals surface area contributed by atoms with Gasteiger partial charge in [-0.05, 0) is 43.7 Å². The van der Waals surface area contributed by atoms with E-state index in [4.69, 9.17) is 14.3 Å². The van der Waals surface area contributed by atoms with Crippen molar-refractivity contribution in [2.24, 2.45) is 0 Å². The Kier molecular flexibility index (Phi) is 4.42. The zero-order valence-corrected chi connectivity index (χ0v) is 14.4. The maximum Gasteiger partial charge on any atom is 0.347 e. The van der Waals surface area contributed by atoms with Gasteiger partial charge in [0.05, 0.1) is 10.9 Å². The van der Waals surface area contributed by atoms with Crippen LogP contribution in [0.15, 0.2) is 57.7 Å². The molecule has 134 valence electrons. The molecule has 0 aliphatic rings. The van der Waals surface area contributed by atoms with E-state index in [1.54, 1.807) is 48.5 Å². The first-order valence-electron chi connectivity index (χ1n) is 8.03. The molecule has 0 atom stereocenters. The minimum Gasteiger partial charge on any atom is -0.507 e. The lowest BCUT2D eigenvalue weighted by Crippen LogP contribution is -2.37. The predicted octanol–water partition coefficient (Wildman–Crippen LogP) is 3.33. The number of hydrogen-bond acceptors (Lipinski definition) is 5. The summed E-state index contributed by atoms with van der Waals surface area (Å²) >= 11 is 0. The topological polar surface area (TPSA) is 97.0 Å². The van der Waals surface area contributed by atoms with Crippen molar-refractivity contribution in [3.05, 3.63) is 70.1 Å². The second-order valence-electron chi connectivity index (χ2n) is 6.45. The minimum absolute atomic E-state index is 0.0933. The molecule has 0 bridgehead atoms. The Bertz CT molecular complexity index is 1010. The lowest BCUT2D eigenvalue weighted by atomic mass is 10.0. The van der Waals surface area contributed by atoms with Crippen molar-refractivity contribution in [3.63, 3.8) is 0 Å². The van der Waals surface area contributed by atoms with Crippen LogP contribution < -0.4 is 10.4 Å². The van der Waals surface area contributed by atoms with Crippen molar-refractivity contribution in [1.82, 2.24) is 0 Å². The van der Waals surface area contributed by atoms with Gasteiger partial charge in [-0.2, -0.15) is 0 Å². The second-order valence-corrected chi connectivity index (χ2v) is 6.45. The standard InChI is InChI=1S/C20H18O6/c1-20(2,19(23)24)26-13-9-7-12(8-10-13)11-15-17(21)14-5-3-4-6-16(14)25-18(15)22/h3-10,21H,11H2,1-2H3,(H,23,24). The van der Waals surface area contributed by atoms with Gasteiger partial charge in [-0.25, -0.2) is 9.59 Å². The van der Waals surface area contributed by atoms with E-state index in [1.165, 1.54) is 13.8 Å². The summed E-state index contributed by atoms with van der Waals surface area (Å²) in [5.41, 5.74) is -0.683. The summed E-state index contributed by atoms with van der Waals surface area (Å²) in [4.78, 5) is 23.3. The van der Waals surface area contributed by atoms with Crippen molar-refractivity contribution >= 4 is 16.9 Å². The van der Waals surface area contributed by atoms with Crippen LogP contribution in [-0.2, 0) is 11.2 Å². The fraction of sp³-hybridized carbons (Fsp3) is 0.200. The molecular formula is C20H18O6. The van der Waals surface area contributed by atoms with Crippen molar-refractivity contribution < 1.29 is 24.2 Å². The Morgan fingerprint density at radius 2 is 1.77 bits per heavy atom. The normalized spacial score (nSPS) is 11.5. The molecule has 0 spiro atoms. The Balaban J connectivity index is 1.87. The first-order valence-corrected chi connectivity index (χ1v) is 8.03. The molecule has 0 aliphatic carbocycles. The molecule has 3 aromatic rings. The average molecular weight is 354 g/mol. The number of rotatable bonds is 5. The maximum absolute atomic E-state index is 12.2. The molecule has 0 radical (unpaired) electrons. The van der Waals surface area contributed by atoms with Crippen LogP contribution in [0.1, 0.15) is 25.0 Å². The summed E-state index contributed by atoms with van der Waals surface area (Å²) in [7, 11) is 0. The van der Waals surface area contributed by atoms with E-state index in [0.29, 0.717) is 16.7 Å². The molecule has 6 nitrogen and oxygen atoms in total. The van der Waals surface area contributed by atoms with Gasteiger partial charge in [0, 0.05) is 6.42 Å². The van der Waals surface area contributed by atoms with Crippen LogP contribution in [0, 0.1) is 0 Å². The van der Waals surface area contributed by atoms with Gasteiger partial charge in [-0.1, -0.05) is 24.3 Å².